The van der Waals surface area contributed by atoms with Gasteiger partial charge < -0.3 is 10.1 Å². The lowest BCUT2D eigenvalue weighted by Gasteiger charge is -2.05. The Morgan fingerprint density at radius 3 is 2.78 bits per heavy atom. The second-order valence-corrected chi connectivity index (χ2v) is 5.95. The average Bonchev–Trinajstić information content (AvgIpc) is 2.96. The topological polar surface area (TPSA) is 51.2 Å². The van der Waals surface area contributed by atoms with Crippen LogP contribution in [0, 0.1) is 5.82 Å². The van der Waals surface area contributed by atoms with Gasteiger partial charge in [0.15, 0.2) is 5.13 Å². The zero-order chi connectivity index (χ0) is 16.1. The lowest BCUT2D eigenvalue weighted by molar-refractivity contribution is -0.116. The summed E-state index contributed by atoms with van der Waals surface area (Å²) in [5.74, 6) is 0.256. The van der Waals surface area contributed by atoms with Crippen LogP contribution in [0.15, 0.2) is 48.5 Å². The molecule has 0 spiro atoms. The Morgan fingerprint density at radius 1 is 1.17 bits per heavy atom. The summed E-state index contributed by atoms with van der Waals surface area (Å²) in [6.45, 7) is 0.464. The molecular weight excluding hydrogens is 315 g/mol. The van der Waals surface area contributed by atoms with Crippen molar-refractivity contribution >= 4 is 32.6 Å². The predicted molar refractivity (Wildman–Crippen MR) is 89.4 cm³/mol. The van der Waals surface area contributed by atoms with Gasteiger partial charge in [0.05, 0.1) is 11.3 Å². The molecule has 0 unspecified atom stereocenters. The maximum atomic E-state index is 13.6. The third-order valence-corrected chi connectivity index (χ3v) is 4.11. The molecule has 1 heterocycles. The maximum absolute atomic E-state index is 13.6. The molecule has 0 bridgehead atoms. The van der Waals surface area contributed by atoms with E-state index in [4.69, 9.17) is 4.74 Å². The van der Waals surface area contributed by atoms with Crippen molar-refractivity contribution in [3.63, 3.8) is 0 Å². The van der Waals surface area contributed by atoms with Gasteiger partial charge in [0.2, 0.25) is 5.91 Å². The summed E-state index contributed by atoms with van der Waals surface area (Å²) in [7, 11) is 0. The van der Waals surface area contributed by atoms with Crippen LogP contribution in [-0.2, 0) is 4.79 Å². The summed E-state index contributed by atoms with van der Waals surface area (Å²) in [4.78, 5) is 16.0. The van der Waals surface area contributed by atoms with Crippen molar-refractivity contribution in [1.82, 2.24) is 4.98 Å². The Morgan fingerprint density at radius 2 is 2.00 bits per heavy atom. The number of carbonyl (C=O) groups excluding carboxylic acids is 1. The Hall–Kier alpha value is -2.47. The molecule has 0 saturated carbocycles. The minimum absolute atomic E-state index is 0.152. The van der Waals surface area contributed by atoms with Crippen molar-refractivity contribution < 1.29 is 13.9 Å². The Bertz CT molecular complexity index is 805. The summed E-state index contributed by atoms with van der Waals surface area (Å²) in [5.41, 5.74) is 0.292. The quantitative estimate of drug-likeness (QED) is 0.688. The van der Waals surface area contributed by atoms with Gasteiger partial charge in [-0.25, -0.2) is 9.37 Å². The number of hydrogen-bond donors (Lipinski definition) is 1. The van der Waals surface area contributed by atoms with Crippen molar-refractivity contribution in [3.8, 4) is 5.75 Å². The van der Waals surface area contributed by atoms with Crippen LogP contribution in [-0.4, -0.2) is 17.5 Å². The molecule has 0 atom stereocenters. The first-order chi connectivity index (χ1) is 11.2. The van der Waals surface area contributed by atoms with Crippen molar-refractivity contribution in [2.45, 2.75) is 12.8 Å². The molecule has 0 aliphatic carbocycles. The normalized spacial score (nSPS) is 10.7. The number of halogens is 1. The Kier molecular flexibility index (Phi) is 4.83. The first kappa shape index (κ1) is 15.4. The smallest absolute Gasteiger partial charge is 0.226 e. The molecule has 0 saturated heterocycles. The summed E-state index contributed by atoms with van der Waals surface area (Å²) in [5, 5.41) is 3.12. The lowest BCUT2D eigenvalue weighted by atomic mass is 10.3. The van der Waals surface area contributed by atoms with Crippen molar-refractivity contribution in [2.75, 3.05) is 11.9 Å². The fourth-order valence-electron chi connectivity index (χ4n) is 2.09. The van der Waals surface area contributed by atoms with E-state index >= 15 is 0 Å². The van der Waals surface area contributed by atoms with Crippen LogP contribution in [0.4, 0.5) is 9.52 Å². The number of anilines is 1. The van der Waals surface area contributed by atoms with Gasteiger partial charge in [-0.15, -0.1) is 0 Å². The Labute approximate surface area is 136 Å². The molecule has 1 N–H and O–H groups in total. The number of nitrogens with one attached hydrogen (secondary N) is 1. The van der Waals surface area contributed by atoms with Crippen LogP contribution < -0.4 is 10.1 Å². The van der Waals surface area contributed by atoms with Gasteiger partial charge in [-0.3, -0.25) is 4.79 Å². The standard InChI is InChI=1S/C17H15FN2O2S/c18-13-8-4-9-14-16(13)20-17(23-14)19-15(21)10-5-11-22-12-6-2-1-3-7-12/h1-4,6-9H,5,10-11H2,(H,19,20,21). The number of rotatable bonds is 6. The molecule has 0 aliphatic rings. The van der Waals surface area contributed by atoms with E-state index in [1.165, 1.54) is 17.4 Å². The van der Waals surface area contributed by atoms with Gasteiger partial charge in [-0.2, -0.15) is 0 Å². The molecule has 1 amide bonds. The minimum Gasteiger partial charge on any atom is -0.494 e. The van der Waals surface area contributed by atoms with Crippen molar-refractivity contribution in [1.29, 1.82) is 0 Å². The summed E-state index contributed by atoms with van der Waals surface area (Å²) < 4.78 is 19.8. The van der Waals surface area contributed by atoms with E-state index in [0.29, 0.717) is 34.8 Å². The highest BCUT2D eigenvalue weighted by molar-refractivity contribution is 7.22. The van der Waals surface area contributed by atoms with Gasteiger partial charge in [-0.05, 0) is 30.7 Å². The number of carbonyl (C=O) groups is 1. The van der Waals surface area contributed by atoms with Crippen LogP contribution in [0.1, 0.15) is 12.8 Å². The first-order valence-corrected chi connectivity index (χ1v) is 8.07. The highest BCUT2D eigenvalue weighted by atomic mass is 32.1. The molecule has 3 rings (SSSR count). The van der Waals surface area contributed by atoms with E-state index in [2.05, 4.69) is 10.3 Å². The first-order valence-electron chi connectivity index (χ1n) is 7.25. The number of benzene rings is 2. The van der Waals surface area contributed by atoms with Crippen LogP contribution >= 0.6 is 11.3 Å². The highest BCUT2D eigenvalue weighted by Gasteiger charge is 2.10. The molecule has 3 aromatic rings. The SMILES string of the molecule is O=C(CCCOc1ccccc1)Nc1nc2c(F)cccc2s1. The van der Waals surface area contributed by atoms with E-state index in [-0.39, 0.29) is 11.7 Å². The summed E-state index contributed by atoms with van der Waals surface area (Å²) >= 11 is 1.26. The Balaban J connectivity index is 1.48. The average molecular weight is 330 g/mol. The number of para-hydroxylation sites is 2. The number of fused-ring (bicyclic) bond motifs is 1. The van der Waals surface area contributed by atoms with E-state index < -0.39 is 0 Å². The zero-order valence-corrected chi connectivity index (χ0v) is 13.1. The van der Waals surface area contributed by atoms with Gasteiger partial charge in [-0.1, -0.05) is 35.6 Å². The van der Waals surface area contributed by atoms with Gasteiger partial charge >= 0.3 is 0 Å². The van der Waals surface area contributed by atoms with E-state index in [9.17, 15) is 9.18 Å². The second kappa shape index (κ2) is 7.19. The fraction of sp³-hybridized carbons (Fsp3) is 0.176. The molecule has 23 heavy (non-hydrogen) atoms. The zero-order valence-electron chi connectivity index (χ0n) is 12.3. The van der Waals surface area contributed by atoms with E-state index in [1.54, 1.807) is 12.1 Å². The van der Waals surface area contributed by atoms with Gasteiger partial charge in [0.25, 0.3) is 0 Å². The monoisotopic (exact) mass is 330 g/mol. The predicted octanol–water partition coefficient (Wildman–Crippen LogP) is 4.23. The number of thiazole rings is 1. The molecule has 0 fully saturated rings. The number of amides is 1. The molecule has 0 radical (unpaired) electrons. The fourth-order valence-corrected chi connectivity index (χ4v) is 2.99. The van der Waals surface area contributed by atoms with Crippen LogP contribution in [0.25, 0.3) is 10.2 Å². The maximum Gasteiger partial charge on any atom is 0.226 e. The van der Waals surface area contributed by atoms with Crippen molar-refractivity contribution in [2.24, 2.45) is 0 Å². The minimum atomic E-state index is -0.379. The molecule has 0 aliphatic heterocycles. The van der Waals surface area contributed by atoms with E-state index in [0.717, 1.165) is 5.75 Å². The molecular formula is C17H15FN2O2S. The largest absolute Gasteiger partial charge is 0.494 e. The second-order valence-electron chi connectivity index (χ2n) is 4.92. The summed E-state index contributed by atoms with van der Waals surface area (Å²) in [6.07, 6.45) is 0.922. The van der Waals surface area contributed by atoms with Gasteiger partial charge in [0, 0.05) is 6.42 Å². The number of hydrogen-bond acceptors (Lipinski definition) is 4. The molecule has 118 valence electrons. The summed E-state index contributed by atoms with van der Waals surface area (Å²) in [6, 6.07) is 14.2. The molecule has 4 nitrogen and oxygen atoms in total. The number of ether oxygens (including phenoxy) is 1. The van der Waals surface area contributed by atoms with E-state index in [1.807, 2.05) is 30.3 Å². The third-order valence-electron chi connectivity index (χ3n) is 3.18. The van der Waals surface area contributed by atoms with Crippen LogP contribution in [0.3, 0.4) is 0 Å². The molecule has 1 aromatic heterocycles. The highest BCUT2D eigenvalue weighted by Crippen LogP contribution is 2.27. The third kappa shape index (κ3) is 4.04. The van der Waals surface area contributed by atoms with Crippen LogP contribution in [0.2, 0.25) is 0 Å². The number of aromatic nitrogens is 1. The van der Waals surface area contributed by atoms with Crippen molar-refractivity contribution in [3.05, 3.63) is 54.3 Å². The van der Waals surface area contributed by atoms with Gasteiger partial charge in [0.1, 0.15) is 17.1 Å². The lowest BCUT2D eigenvalue weighted by Crippen LogP contribution is -2.12. The molecule has 6 heteroatoms. The van der Waals surface area contributed by atoms with Crippen LogP contribution in [0.5, 0.6) is 5.75 Å². The number of nitrogens with zero attached hydrogens (tertiary/aromatic N) is 1. The molecule has 2 aromatic carbocycles.